The predicted octanol–water partition coefficient (Wildman–Crippen LogP) is 1.88. The topological polar surface area (TPSA) is 73.5 Å². The molecule has 6 heteroatoms. The summed E-state index contributed by atoms with van der Waals surface area (Å²) in [7, 11) is 0. The Kier molecular flexibility index (Phi) is 5.04. The first kappa shape index (κ1) is 16.8. The van der Waals surface area contributed by atoms with Gasteiger partial charge < -0.3 is 20.9 Å². The van der Waals surface area contributed by atoms with E-state index in [0.717, 1.165) is 49.4 Å². The number of urea groups is 1. The van der Waals surface area contributed by atoms with E-state index in [0.29, 0.717) is 12.3 Å². The van der Waals surface area contributed by atoms with Gasteiger partial charge in [-0.1, -0.05) is 19.1 Å². The van der Waals surface area contributed by atoms with Gasteiger partial charge in [-0.05, 0) is 49.5 Å². The minimum absolute atomic E-state index is 0.0261. The molecule has 1 aromatic rings. The average Bonchev–Trinajstić information content (AvgIpc) is 3.16. The van der Waals surface area contributed by atoms with Crippen LogP contribution in [0.25, 0.3) is 0 Å². The first-order valence-electron chi connectivity index (χ1n) is 8.74. The number of nitrogens with zero attached hydrogens (tertiary/aromatic N) is 1. The zero-order chi connectivity index (χ0) is 17.1. The summed E-state index contributed by atoms with van der Waals surface area (Å²) < 4.78 is 0. The molecule has 1 saturated heterocycles. The van der Waals surface area contributed by atoms with E-state index in [-0.39, 0.29) is 18.0 Å². The molecule has 1 fully saturated rings. The second-order valence-electron chi connectivity index (χ2n) is 6.77. The van der Waals surface area contributed by atoms with Gasteiger partial charge in [-0.25, -0.2) is 4.79 Å². The summed E-state index contributed by atoms with van der Waals surface area (Å²) in [6, 6.07) is 5.62. The van der Waals surface area contributed by atoms with Crippen LogP contribution >= 0.6 is 0 Å². The maximum Gasteiger partial charge on any atom is 0.315 e. The fourth-order valence-corrected chi connectivity index (χ4v) is 3.45. The van der Waals surface area contributed by atoms with Crippen LogP contribution in [0.4, 0.5) is 10.5 Å². The van der Waals surface area contributed by atoms with Gasteiger partial charge in [-0.2, -0.15) is 0 Å². The summed E-state index contributed by atoms with van der Waals surface area (Å²) in [6.45, 7) is 8.12. The molecule has 0 aromatic heterocycles. The molecule has 3 N–H and O–H groups in total. The Hall–Kier alpha value is -2.08. The third kappa shape index (κ3) is 3.87. The van der Waals surface area contributed by atoms with Crippen molar-refractivity contribution in [1.82, 2.24) is 15.5 Å². The maximum atomic E-state index is 12.1. The van der Waals surface area contributed by atoms with Gasteiger partial charge in [0.1, 0.15) is 0 Å². The van der Waals surface area contributed by atoms with Gasteiger partial charge in [-0.15, -0.1) is 0 Å². The Labute approximate surface area is 143 Å². The van der Waals surface area contributed by atoms with Crippen LogP contribution < -0.4 is 16.0 Å². The Balaban J connectivity index is 1.48. The Morgan fingerprint density at radius 1 is 1.46 bits per heavy atom. The van der Waals surface area contributed by atoms with E-state index in [1.807, 2.05) is 25.1 Å². The number of fused-ring (bicyclic) bond motifs is 1. The number of carbonyl (C=O) groups is 2. The monoisotopic (exact) mass is 330 g/mol. The zero-order valence-electron chi connectivity index (χ0n) is 14.4. The van der Waals surface area contributed by atoms with Gasteiger partial charge in [0, 0.05) is 18.8 Å². The van der Waals surface area contributed by atoms with Gasteiger partial charge in [0.05, 0.1) is 12.5 Å². The summed E-state index contributed by atoms with van der Waals surface area (Å²) >= 11 is 0. The Morgan fingerprint density at radius 3 is 3.04 bits per heavy atom. The maximum absolute atomic E-state index is 12.1. The Morgan fingerprint density at radius 2 is 2.29 bits per heavy atom. The standard InChI is InChI=1S/C18H26N4O2/c1-3-22-7-6-13(11-22)10-19-18(24)20-12(2)14-4-5-16-15(8-14)9-17(23)21-16/h4-5,8,12-13H,3,6-7,9-11H2,1-2H3,(H,21,23)(H2,19,20,24)/t12-,13-/m1/s1. The minimum Gasteiger partial charge on any atom is -0.338 e. The second kappa shape index (κ2) is 7.21. The first-order chi connectivity index (χ1) is 11.5. The number of hydrogen-bond acceptors (Lipinski definition) is 3. The molecule has 0 spiro atoms. The summed E-state index contributed by atoms with van der Waals surface area (Å²) in [5, 5.41) is 8.79. The predicted molar refractivity (Wildman–Crippen MR) is 93.9 cm³/mol. The number of carbonyl (C=O) groups excluding carboxylic acids is 2. The van der Waals surface area contributed by atoms with Gasteiger partial charge >= 0.3 is 6.03 Å². The average molecular weight is 330 g/mol. The van der Waals surface area contributed by atoms with E-state index in [1.165, 1.54) is 0 Å². The van der Waals surface area contributed by atoms with Crippen molar-refractivity contribution in [2.24, 2.45) is 5.92 Å². The molecule has 130 valence electrons. The van der Waals surface area contributed by atoms with Crippen molar-refractivity contribution < 1.29 is 9.59 Å². The largest absolute Gasteiger partial charge is 0.338 e. The molecule has 0 bridgehead atoms. The molecule has 2 atom stereocenters. The SMILES string of the molecule is CCN1CC[C@H](CNC(=O)N[C@H](C)c2ccc3c(c2)CC(=O)N3)C1. The highest BCUT2D eigenvalue weighted by Crippen LogP contribution is 2.26. The van der Waals surface area contributed by atoms with Crippen LogP contribution in [0.5, 0.6) is 0 Å². The van der Waals surface area contributed by atoms with Crippen molar-refractivity contribution in [1.29, 1.82) is 0 Å². The zero-order valence-corrected chi connectivity index (χ0v) is 14.4. The van der Waals surface area contributed by atoms with Crippen LogP contribution in [0, 0.1) is 5.92 Å². The van der Waals surface area contributed by atoms with Gasteiger partial charge in [-0.3, -0.25) is 4.79 Å². The lowest BCUT2D eigenvalue weighted by atomic mass is 10.0. The fraction of sp³-hybridized carbons (Fsp3) is 0.556. The quantitative estimate of drug-likeness (QED) is 0.772. The van der Waals surface area contributed by atoms with E-state index in [1.54, 1.807) is 0 Å². The molecule has 0 saturated carbocycles. The smallest absolute Gasteiger partial charge is 0.315 e. The fourth-order valence-electron chi connectivity index (χ4n) is 3.45. The molecule has 2 aliphatic rings. The molecule has 0 unspecified atom stereocenters. The van der Waals surface area contributed by atoms with E-state index in [9.17, 15) is 9.59 Å². The molecule has 3 rings (SSSR count). The molecule has 24 heavy (non-hydrogen) atoms. The normalized spacial score (nSPS) is 21.2. The second-order valence-corrected chi connectivity index (χ2v) is 6.77. The van der Waals surface area contributed by atoms with Crippen LogP contribution in [0.15, 0.2) is 18.2 Å². The molecule has 2 heterocycles. The van der Waals surface area contributed by atoms with Crippen molar-refractivity contribution in [2.75, 3.05) is 31.5 Å². The van der Waals surface area contributed by atoms with E-state index in [2.05, 4.69) is 27.8 Å². The number of nitrogens with one attached hydrogen (secondary N) is 3. The number of anilines is 1. The van der Waals surface area contributed by atoms with Crippen LogP contribution in [-0.2, 0) is 11.2 Å². The number of rotatable bonds is 5. The van der Waals surface area contributed by atoms with Crippen LogP contribution in [0.1, 0.15) is 37.4 Å². The van der Waals surface area contributed by atoms with Crippen LogP contribution in [-0.4, -0.2) is 43.0 Å². The highest BCUT2D eigenvalue weighted by atomic mass is 16.2. The van der Waals surface area contributed by atoms with Crippen molar-refractivity contribution in [3.63, 3.8) is 0 Å². The summed E-state index contributed by atoms with van der Waals surface area (Å²) in [5.41, 5.74) is 2.89. The van der Waals surface area contributed by atoms with Crippen molar-refractivity contribution in [3.8, 4) is 0 Å². The molecule has 0 radical (unpaired) electrons. The van der Waals surface area contributed by atoms with Crippen LogP contribution in [0.2, 0.25) is 0 Å². The minimum atomic E-state index is -0.132. The molecule has 2 aliphatic heterocycles. The van der Waals surface area contributed by atoms with E-state index >= 15 is 0 Å². The summed E-state index contributed by atoms with van der Waals surface area (Å²) in [5.74, 6) is 0.571. The third-order valence-corrected chi connectivity index (χ3v) is 4.97. The lowest BCUT2D eigenvalue weighted by Gasteiger charge is -2.18. The highest BCUT2D eigenvalue weighted by molar-refractivity contribution is 5.99. The summed E-state index contributed by atoms with van der Waals surface area (Å²) in [4.78, 5) is 25.9. The van der Waals surface area contributed by atoms with Gasteiger partial charge in [0.15, 0.2) is 0 Å². The molecule has 0 aliphatic carbocycles. The number of benzene rings is 1. The lowest BCUT2D eigenvalue weighted by molar-refractivity contribution is -0.115. The molecular formula is C18H26N4O2. The van der Waals surface area contributed by atoms with E-state index < -0.39 is 0 Å². The van der Waals surface area contributed by atoms with Gasteiger partial charge in [0.25, 0.3) is 0 Å². The molecule has 1 aromatic carbocycles. The first-order valence-corrected chi connectivity index (χ1v) is 8.74. The van der Waals surface area contributed by atoms with Crippen molar-refractivity contribution >= 4 is 17.6 Å². The van der Waals surface area contributed by atoms with Crippen molar-refractivity contribution in [2.45, 2.75) is 32.7 Å². The van der Waals surface area contributed by atoms with Gasteiger partial charge in [0.2, 0.25) is 5.91 Å². The van der Waals surface area contributed by atoms with Crippen molar-refractivity contribution in [3.05, 3.63) is 29.3 Å². The highest BCUT2D eigenvalue weighted by Gasteiger charge is 2.22. The molecule has 6 nitrogen and oxygen atoms in total. The lowest BCUT2D eigenvalue weighted by Crippen LogP contribution is -2.40. The molecule has 3 amide bonds. The third-order valence-electron chi connectivity index (χ3n) is 4.97. The van der Waals surface area contributed by atoms with Crippen LogP contribution in [0.3, 0.4) is 0 Å². The summed E-state index contributed by atoms with van der Waals surface area (Å²) in [6.07, 6.45) is 1.56. The molecular weight excluding hydrogens is 304 g/mol. The Bertz CT molecular complexity index is 631. The number of likely N-dealkylation sites (tertiary alicyclic amines) is 1. The number of amides is 3. The van der Waals surface area contributed by atoms with E-state index in [4.69, 9.17) is 0 Å². The number of hydrogen-bond donors (Lipinski definition) is 3.